The Hall–Kier alpha value is -4.57. The SMILES string of the molecule is Cc1ccc(N(C(=O)c2snc(C(=O)NC3CCCCC3)c2N)[C@H](C(=O)NCCc2ccccc2)c2ccc(F)cc2)c(C)c1. The van der Waals surface area contributed by atoms with Crippen molar-refractivity contribution >= 4 is 40.6 Å². The van der Waals surface area contributed by atoms with Gasteiger partial charge in [-0.3, -0.25) is 19.3 Å². The van der Waals surface area contributed by atoms with Crippen molar-refractivity contribution in [2.24, 2.45) is 0 Å². The monoisotopic (exact) mass is 627 g/mol. The molecule has 0 aliphatic heterocycles. The standard InChI is InChI=1S/C35H38FN5O3S/c1-22-13-18-28(23(2)21-22)41(35(44)32-29(37)30(40-45-32)33(42)39-27-11-7-4-8-12-27)31(25-14-16-26(36)17-15-25)34(43)38-20-19-24-9-5-3-6-10-24/h3,5-6,9-10,13-18,21,27,31H,4,7-8,11-12,19-20,37H2,1-2H3,(H,38,43)(H,39,42)/t31-/m0/s1. The summed E-state index contributed by atoms with van der Waals surface area (Å²) >= 11 is 0.830. The molecule has 1 aliphatic carbocycles. The molecular weight excluding hydrogens is 589 g/mol. The molecule has 0 bridgehead atoms. The second kappa shape index (κ2) is 14.5. The lowest BCUT2D eigenvalue weighted by atomic mass is 9.95. The minimum absolute atomic E-state index is 0.000136. The second-order valence-corrected chi connectivity index (χ2v) is 12.3. The Morgan fingerprint density at radius 2 is 1.71 bits per heavy atom. The van der Waals surface area contributed by atoms with E-state index in [0.29, 0.717) is 24.2 Å². The molecule has 45 heavy (non-hydrogen) atoms. The first-order chi connectivity index (χ1) is 21.7. The minimum atomic E-state index is -1.17. The Morgan fingerprint density at radius 3 is 2.40 bits per heavy atom. The number of nitrogens with one attached hydrogen (secondary N) is 2. The van der Waals surface area contributed by atoms with Crippen LogP contribution in [0.3, 0.4) is 0 Å². The van der Waals surface area contributed by atoms with Crippen LogP contribution in [0.1, 0.15) is 80.6 Å². The highest BCUT2D eigenvalue weighted by molar-refractivity contribution is 7.09. The first-order valence-corrected chi connectivity index (χ1v) is 16.0. The molecule has 3 amide bonds. The van der Waals surface area contributed by atoms with E-state index < -0.39 is 29.6 Å². The molecule has 3 aromatic carbocycles. The molecule has 1 aliphatic rings. The highest BCUT2D eigenvalue weighted by atomic mass is 32.1. The van der Waals surface area contributed by atoms with Crippen LogP contribution in [0.5, 0.6) is 0 Å². The molecule has 1 heterocycles. The van der Waals surface area contributed by atoms with Crippen molar-refractivity contribution in [1.82, 2.24) is 15.0 Å². The number of halogens is 1. The summed E-state index contributed by atoms with van der Waals surface area (Å²) in [7, 11) is 0. The van der Waals surface area contributed by atoms with Gasteiger partial charge in [0.2, 0.25) is 5.91 Å². The van der Waals surface area contributed by atoms with Crippen molar-refractivity contribution in [2.75, 3.05) is 17.2 Å². The molecule has 1 aromatic heterocycles. The normalized spacial score (nSPS) is 14.0. The molecule has 0 unspecified atom stereocenters. The third-order valence-corrected chi connectivity index (χ3v) is 9.01. The highest BCUT2D eigenvalue weighted by Gasteiger charge is 2.37. The van der Waals surface area contributed by atoms with Gasteiger partial charge < -0.3 is 16.4 Å². The molecule has 8 nitrogen and oxygen atoms in total. The van der Waals surface area contributed by atoms with E-state index in [4.69, 9.17) is 5.73 Å². The van der Waals surface area contributed by atoms with E-state index in [9.17, 15) is 18.8 Å². The number of benzene rings is 3. The number of nitrogens with two attached hydrogens (primary N) is 1. The summed E-state index contributed by atoms with van der Waals surface area (Å²) in [5.74, 6) is -1.90. The van der Waals surface area contributed by atoms with Crippen molar-refractivity contribution in [3.63, 3.8) is 0 Å². The van der Waals surface area contributed by atoms with Gasteiger partial charge in [-0.05, 0) is 79.5 Å². The van der Waals surface area contributed by atoms with E-state index in [0.717, 1.165) is 60.3 Å². The summed E-state index contributed by atoms with van der Waals surface area (Å²) < 4.78 is 18.3. The number of anilines is 2. The van der Waals surface area contributed by atoms with Crippen LogP contribution in [-0.2, 0) is 11.2 Å². The van der Waals surface area contributed by atoms with Gasteiger partial charge in [0.05, 0.1) is 5.69 Å². The minimum Gasteiger partial charge on any atom is -0.395 e. The summed E-state index contributed by atoms with van der Waals surface area (Å²) in [5.41, 5.74) is 10.1. The number of rotatable bonds is 10. The molecule has 0 spiro atoms. The molecule has 10 heteroatoms. The number of nitrogens with zero attached hydrogens (tertiary/aromatic N) is 2. The van der Waals surface area contributed by atoms with Crippen molar-refractivity contribution in [2.45, 2.75) is 64.5 Å². The van der Waals surface area contributed by atoms with Gasteiger partial charge >= 0.3 is 0 Å². The van der Waals surface area contributed by atoms with Crippen LogP contribution < -0.4 is 21.3 Å². The van der Waals surface area contributed by atoms with Gasteiger partial charge in [0.25, 0.3) is 11.8 Å². The maximum atomic E-state index is 14.5. The third-order valence-electron chi connectivity index (χ3n) is 8.16. The number of hydrogen-bond acceptors (Lipinski definition) is 6. The van der Waals surface area contributed by atoms with Crippen molar-refractivity contribution < 1.29 is 18.8 Å². The molecule has 5 rings (SSSR count). The van der Waals surface area contributed by atoms with Crippen molar-refractivity contribution in [1.29, 1.82) is 0 Å². The van der Waals surface area contributed by atoms with Gasteiger partial charge in [0.1, 0.15) is 16.7 Å². The van der Waals surface area contributed by atoms with Crippen LogP contribution >= 0.6 is 11.5 Å². The molecule has 1 fully saturated rings. The van der Waals surface area contributed by atoms with Crippen molar-refractivity contribution in [3.8, 4) is 0 Å². The van der Waals surface area contributed by atoms with Gasteiger partial charge in [-0.2, -0.15) is 4.37 Å². The van der Waals surface area contributed by atoms with Gasteiger partial charge in [-0.15, -0.1) is 0 Å². The first kappa shape index (κ1) is 31.8. The van der Waals surface area contributed by atoms with Crippen LogP contribution in [-0.4, -0.2) is 34.7 Å². The van der Waals surface area contributed by atoms with Gasteiger partial charge in [-0.1, -0.05) is 79.4 Å². The maximum Gasteiger partial charge on any atom is 0.273 e. The fourth-order valence-electron chi connectivity index (χ4n) is 5.80. The number of aryl methyl sites for hydroxylation is 2. The largest absolute Gasteiger partial charge is 0.395 e. The van der Waals surface area contributed by atoms with Crippen molar-refractivity contribution in [3.05, 3.63) is 111 Å². The average Bonchev–Trinajstić information content (AvgIpc) is 3.43. The summed E-state index contributed by atoms with van der Waals surface area (Å²) in [6, 6.07) is 19.7. The van der Waals surface area contributed by atoms with Crippen LogP contribution in [0, 0.1) is 19.7 Å². The third kappa shape index (κ3) is 7.57. The fraction of sp³-hybridized carbons (Fsp3) is 0.314. The lowest BCUT2D eigenvalue weighted by molar-refractivity contribution is -0.122. The zero-order valence-electron chi connectivity index (χ0n) is 25.5. The maximum absolute atomic E-state index is 14.5. The Kier molecular flexibility index (Phi) is 10.2. The zero-order valence-corrected chi connectivity index (χ0v) is 26.3. The smallest absolute Gasteiger partial charge is 0.273 e. The van der Waals surface area contributed by atoms with Crippen LogP contribution in [0.15, 0.2) is 72.8 Å². The quantitative estimate of drug-likeness (QED) is 0.191. The lowest BCUT2D eigenvalue weighted by Crippen LogP contribution is -2.45. The van der Waals surface area contributed by atoms with E-state index in [1.165, 1.54) is 29.2 Å². The average molecular weight is 628 g/mol. The number of amides is 3. The number of nitrogen functional groups attached to an aromatic ring is 1. The van der Waals surface area contributed by atoms with Crippen LogP contribution in [0.2, 0.25) is 0 Å². The van der Waals surface area contributed by atoms with E-state index in [2.05, 4.69) is 15.0 Å². The van der Waals surface area contributed by atoms with E-state index >= 15 is 0 Å². The second-order valence-electron chi connectivity index (χ2n) is 11.5. The molecular formula is C35H38FN5O3S. The van der Waals surface area contributed by atoms with Gasteiger partial charge in [-0.25, -0.2) is 4.39 Å². The summed E-state index contributed by atoms with van der Waals surface area (Å²) in [5, 5.41) is 6.00. The predicted molar refractivity (Wildman–Crippen MR) is 176 cm³/mol. The first-order valence-electron chi connectivity index (χ1n) is 15.3. The number of carbonyl (C=O) groups is 3. The Labute approximate surface area is 267 Å². The molecule has 0 saturated heterocycles. The molecule has 1 atom stereocenters. The van der Waals surface area contributed by atoms with Crippen LogP contribution in [0.4, 0.5) is 15.8 Å². The highest BCUT2D eigenvalue weighted by Crippen LogP contribution is 2.35. The fourth-order valence-corrected chi connectivity index (χ4v) is 6.54. The molecule has 234 valence electrons. The predicted octanol–water partition coefficient (Wildman–Crippen LogP) is 6.29. The Bertz CT molecular complexity index is 1650. The molecule has 4 aromatic rings. The lowest BCUT2D eigenvalue weighted by Gasteiger charge is -2.32. The summed E-state index contributed by atoms with van der Waals surface area (Å²) in [4.78, 5) is 43.2. The number of carbonyl (C=O) groups excluding carboxylic acids is 3. The summed E-state index contributed by atoms with van der Waals surface area (Å²) in [6.07, 6.45) is 5.60. The van der Waals surface area contributed by atoms with E-state index in [-0.39, 0.29) is 22.3 Å². The molecule has 1 saturated carbocycles. The van der Waals surface area contributed by atoms with E-state index in [1.54, 1.807) is 6.07 Å². The van der Waals surface area contributed by atoms with E-state index in [1.807, 2.05) is 56.3 Å². The Balaban J connectivity index is 1.52. The summed E-state index contributed by atoms with van der Waals surface area (Å²) in [6.45, 7) is 4.12. The van der Waals surface area contributed by atoms with Crippen LogP contribution in [0.25, 0.3) is 0 Å². The molecule has 0 radical (unpaired) electrons. The zero-order chi connectivity index (χ0) is 31.9. The van der Waals surface area contributed by atoms with Gasteiger partial charge in [0, 0.05) is 18.3 Å². The van der Waals surface area contributed by atoms with Gasteiger partial charge in [0.15, 0.2) is 5.69 Å². The number of hydrogen-bond donors (Lipinski definition) is 3. The Morgan fingerprint density at radius 1 is 1.00 bits per heavy atom. The molecule has 4 N–H and O–H groups in total. The topological polar surface area (TPSA) is 117 Å². The number of aromatic nitrogens is 1.